The van der Waals surface area contributed by atoms with Crippen LogP contribution in [0.5, 0.6) is 5.75 Å². The topological polar surface area (TPSA) is 59.2 Å². The summed E-state index contributed by atoms with van der Waals surface area (Å²) in [7, 11) is 0. The maximum Gasteiger partial charge on any atom is 0.256 e. The summed E-state index contributed by atoms with van der Waals surface area (Å²) in [4.78, 5) is 29.2. The van der Waals surface area contributed by atoms with Crippen LogP contribution in [-0.2, 0) is 4.79 Å². The Hall–Kier alpha value is -3.21. The van der Waals surface area contributed by atoms with Crippen molar-refractivity contribution in [3.05, 3.63) is 87.2 Å². The summed E-state index contributed by atoms with van der Waals surface area (Å²) >= 11 is 0. The van der Waals surface area contributed by atoms with Crippen molar-refractivity contribution in [2.75, 3.05) is 0 Å². The molecule has 4 nitrogen and oxygen atoms in total. The first-order valence-electron chi connectivity index (χ1n) is 9.68. The van der Waals surface area contributed by atoms with Crippen molar-refractivity contribution in [2.24, 2.45) is 5.41 Å². The normalized spacial score (nSPS) is 20.2. The third-order valence-electron chi connectivity index (χ3n) is 5.79. The van der Waals surface area contributed by atoms with Gasteiger partial charge in [-0.25, -0.2) is 4.39 Å². The van der Waals surface area contributed by atoms with Gasteiger partial charge in [0.25, 0.3) is 5.56 Å². The van der Waals surface area contributed by atoms with E-state index in [-0.39, 0.29) is 22.6 Å². The van der Waals surface area contributed by atoms with Gasteiger partial charge in [-0.15, -0.1) is 0 Å². The monoisotopic (exact) mass is 389 g/mol. The molecule has 29 heavy (non-hydrogen) atoms. The van der Waals surface area contributed by atoms with Crippen LogP contribution in [0.3, 0.4) is 0 Å². The van der Waals surface area contributed by atoms with E-state index in [1.165, 1.54) is 12.1 Å². The minimum absolute atomic E-state index is 0.0243. The van der Waals surface area contributed by atoms with Gasteiger partial charge in [-0.2, -0.15) is 0 Å². The molecule has 3 aromatic rings. The number of ether oxygens (including phenoxy) is 1. The lowest BCUT2D eigenvalue weighted by Crippen LogP contribution is -2.35. The third kappa shape index (κ3) is 2.80. The molecular weight excluding hydrogens is 369 g/mol. The molecule has 1 aliphatic heterocycles. The Labute approximate surface area is 167 Å². The standard InChI is InChI=1S/C24H20FNO3/c1-24(2)11-17(27)20-18(12-24)29-22-15-5-3-4-6-16(15)26-23(28)21(22)19(20)13-7-9-14(25)10-8-13/h3-10,19H,11-12H2,1-2H3,(H,26,28)/t19-/m1/s1. The first-order chi connectivity index (χ1) is 13.8. The number of benzene rings is 2. The lowest BCUT2D eigenvalue weighted by atomic mass is 9.70. The van der Waals surface area contributed by atoms with Crippen LogP contribution in [0.2, 0.25) is 0 Å². The molecule has 0 unspecified atom stereocenters. The highest BCUT2D eigenvalue weighted by molar-refractivity contribution is 6.01. The van der Waals surface area contributed by atoms with Gasteiger partial charge in [0.15, 0.2) is 5.78 Å². The second kappa shape index (κ2) is 6.14. The smallest absolute Gasteiger partial charge is 0.256 e. The second-order valence-electron chi connectivity index (χ2n) is 8.61. The molecule has 1 aromatic heterocycles. The Morgan fingerprint density at radius 3 is 2.52 bits per heavy atom. The number of allylic oxidation sites excluding steroid dienone is 2. The van der Waals surface area contributed by atoms with Crippen LogP contribution in [0.25, 0.3) is 10.9 Å². The zero-order chi connectivity index (χ0) is 20.3. The fourth-order valence-electron chi connectivity index (χ4n) is 4.55. The second-order valence-corrected chi connectivity index (χ2v) is 8.61. The molecule has 0 radical (unpaired) electrons. The predicted octanol–water partition coefficient (Wildman–Crippen LogP) is 4.83. The van der Waals surface area contributed by atoms with Crippen LogP contribution in [0.15, 0.2) is 64.7 Å². The van der Waals surface area contributed by atoms with Crippen LogP contribution in [-0.4, -0.2) is 10.8 Å². The van der Waals surface area contributed by atoms with Crippen molar-refractivity contribution in [3.8, 4) is 5.75 Å². The average Bonchev–Trinajstić information content (AvgIpc) is 2.66. The number of nitrogens with one attached hydrogen (secondary N) is 1. The van der Waals surface area contributed by atoms with E-state index in [0.717, 1.165) is 5.39 Å². The summed E-state index contributed by atoms with van der Waals surface area (Å²) in [5.41, 5.74) is 1.79. The molecule has 0 saturated heterocycles. The fraction of sp³-hybridized carbons (Fsp3) is 0.250. The highest BCUT2D eigenvalue weighted by Crippen LogP contribution is 2.50. The highest BCUT2D eigenvalue weighted by Gasteiger charge is 2.43. The van der Waals surface area contributed by atoms with E-state index in [2.05, 4.69) is 4.98 Å². The van der Waals surface area contributed by atoms with Gasteiger partial charge in [0, 0.05) is 23.8 Å². The molecule has 1 aliphatic carbocycles. The van der Waals surface area contributed by atoms with Crippen LogP contribution in [0.4, 0.5) is 4.39 Å². The zero-order valence-corrected chi connectivity index (χ0v) is 16.2. The zero-order valence-electron chi connectivity index (χ0n) is 16.2. The first-order valence-corrected chi connectivity index (χ1v) is 9.68. The quantitative estimate of drug-likeness (QED) is 0.648. The number of aromatic amines is 1. The van der Waals surface area contributed by atoms with E-state index in [1.54, 1.807) is 12.1 Å². The number of hydrogen-bond donors (Lipinski definition) is 1. The van der Waals surface area contributed by atoms with Gasteiger partial charge in [0.1, 0.15) is 17.3 Å². The number of fused-ring (bicyclic) bond motifs is 3. The molecule has 1 N–H and O–H groups in total. The fourth-order valence-corrected chi connectivity index (χ4v) is 4.55. The van der Waals surface area contributed by atoms with Crippen LogP contribution < -0.4 is 10.3 Å². The molecule has 146 valence electrons. The number of ketones is 1. The minimum atomic E-state index is -0.577. The van der Waals surface area contributed by atoms with Gasteiger partial charge in [-0.3, -0.25) is 9.59 Å². The summed E-state index contributed by atoms with van der Waals surface area (Å²) in [6, 6.07) is 13.5. The van der Waals surface area contributed by atoms with Gasteiger partial charge in [0.05, 0.1) is 17.0 Å². The molecule has 2 aliphatic rings. The highest BCUT2D eigenvalue weighted by atomic mass is 19.1. The number of halogens is 1. The summed E-state index contributed by atoms with van der Waals surface area (Å²) in [6.07, 6.45) is 0.986. The minimum Gasteiger partial charge on any atom is -0.460 e. The average molecular weight is 389 g/mol. The molecule has 0 saturated carbocycles. The maximum atomic E-state index is 13.6. The number of H-pyrrole nitrogens is 1. The number of carbonyl (C=O) groups is 1. The lowest BCUT2D eigenvalue weighted by Gasteiger charge is -2.38. The van der Waals surface area contributed by atoms with Gasteiger partial charge in [-0.1, -0.05) is 38.1 Å². The number of pyridine rings is 1. The van der Waals surface area contributed by atoms with E-state index < -0.39 is 5.92 Å². The summed E-state index contributed by atoms with van der Waals surface area (Å²) in [6.45, 7) is 4.08. The molecule has 2 heterocycles. The summed E-state index contributed by atoms with van der Waals surface area (Å²) in [5, 5.41) is 0.789. The Bertz CT molecular complexity index is 1250. The molecule has 1 atom stereocenters. The van der Waals surface area contributed by atoms with Crippen molar-refractivity contribution in [1.82, 2.24) is 4.98 Å². The number of aromatic nitrogens is 1. The Balaban J connectivity index is 1.84. The van der Waals surface area contributed by atoms with Crippen molar-refractivity contribution in [3.63, 3.8) is 0 Å². The van der Waals surface area contributed by atoms with Gasteiger partial charge in [0.2, 0.25) is 0 Å². The Kier molecular flexibility index (Phi) is 3.78. The molecule has 5 rings (SSSR count). The van der Waals surface area contributed by atoms with Crippen LogP contribution in [0, 0.1) is 11.2 Å². The van der Waals surface area contributed by atoms with Gasteiger partial charge < -0.3 is 9.72 Å². The van der Waals surface area contributed by atoms with Gasteiger partial charge in [-0.05, 0) is 35.2 Å². The number of Topliss-reactive ketones (excluding diaryl/α,β-unsaturated/α-hetero) is 1. The van der Waals surface area contributed by atoms with Crippen LogP contribution >= 0.6 is 0 Å². The van der Waals surface area contributed by atoms with Crippen molar-refractivity contribution in [1.29, 1.82) is 0 Å². The van der Waals surface area contributed by atoms with Crippen molar-refractivity contribution in [2.45, 2.75) is 32.6 Å². The first kappa shape index (κ1) is 17.9. The van der Waals surface area contributed by atoms with Gasteiger partial charge >= 0.3 is 0 Å². The summed E-state index contributed by atoms with van der Waals surface area (Å²) in [5.74, 6) is 0.139. The van der Waals surface area contributed by atoms with Crippen molar-refractivity contribution < 1.29 is 13.9 Å². The predicted molar refractivity (Wildman–Crippen MR) is 108 cm³/mol. The SMILES string of the molecule is CC1(C)CC(=O)C2=C(C1)Oc1c(c(=O)[nH]c3ccccc13)[C@@H]2c1ccc(F)cc1. The van der Waals surface area contributed by atoms with E-state index in [1.807, 2.05) is 38.1 Å². The molecule has 0 amide bonds. The number of carbonyl (C=O) groups excluding carboxylic acids is 1. The molecule has 5 heteroatoms. The van der Waals surface area contributed by atoms with Crippen molar-refractivity contribution >= 4 is 16.7 Å². The lowest BCUT2D eigenvalue weighted by molar-refractivity contribution is -0.118. The molecule has 0 spiro atoms. The third-order valence-corrected chi connectivity index (χ3v) is 5.79. The van der Waals surface area contributed by atoms with E-state index in [9.17, 15) is 14.0 Å². The Morgan fingerprint density at radius 2 is 1.76 bits per heavy atom. The van der Waals surface area contributed by atoms with Crippen LogP contribution in [0.1, 0.15) is 43.7 Å². The van der Waals surface area contributed by atoms with E-state index in [4.69, 9.17) is 4.74 Å². The molecule has 0 bridgehead atoms. The Morgan fingerprint density at radius 1 is 1.03 bits per heavy atom. The molecule has 0 fully saturated rings. The molecular formula is C24H20FNO3. The number of hydrogen-bond acceptors (Lipinski definition) is 3. The summed E-state index contributed by atoms with van der Waals surface area (Å²) < 4.78 is 19.9. The van der Waals surface area contributed by atoms with E-state index >= 15 is 0 Å². The number of para-hydroxylation sites is 1. The number of rotatable bonds is 1. The maximum absolute atomic E-state index is 13.6. The van der Waals surface area contributed by atoms with E-state index in [0.29, 0.717) is 46.6 Å². The molecule has 2 aromatic carbocycles. The largest absolute Gasteiger partial charge is 0.460 e.